The van der Waals surface area contributed by atoms with E-state index in [1.54, 1.807) is 0 Å². The maximum absolute atomic E-state index is 2.25. The Labute approximate surface area is 46.9 Å². The lowest BCUT2D eigenvalue weighted by Gasteiger charge is -1.67. The Bertz CT molecular complexity index is 16.5. The summed E-state index contributed by atoms with van der Waals surface area (Å²) in [4.78, 5) is 0. The van der Waals surface area contributed by atoms with Crippen LogP contribution < -0.4 is 0 Å². The molecule has 0 heteroatoms. The monoisotopic (exact) mass is 98.1 g/mol. The molecule has 0 heterocycles. The van der Waals surface area contributed by atoms with E-state index in [0.717, 1.165) is 0 Å². The van der Waals surface area contributed by atoms with Gasteiger partial charge in [-0.25, -0.2) is 0 Å². The van der Waals surface area contributed by atoms with Crippen LogP contribution in [-0.4, -0.2) is 0 Å². The van der Waals surface area contributed by atoms with Gasteiger partial charge in [0.15, 0.2) is 0 Å². The minimum atomic E-state index is 1.19. The number of hydrogen-bond donors (Lipinski definition) is 0. The molecule has 1 saturated carbocycles. The summed E-state index contributed by atoms with van der Waals surface area (Å²) in [6.07, 6.45) is 8.32. The van der Waals surface area contributed by atoms with Crippen molar-refractivity contribution < 1.29 is 0 Å². The molecule has 0 aromatic rings. The van der Waals surface area contributed by atoms with Crippen LogP contribution in [0.15, 0.2) is 0 Å². The van der Waals surface area contributed by atoms with Gasteiger partial charge in [-0.15, -0.1) is 0 Å². The summed E-state index contributed by atoms with van der Waals surface area (Å²) in [6, 6.07) is 0. The highest BCUT2D eigenvalue weighted by molar-refractivity contribution is 4.79. The largest absolute Gasteiger partial charge is 0.0651 e. The van der Waals surface area contributed by atoms with Crippen LogP contribution in [0.3, 0.4) is 0 Å². The molecule has 2 radical (unpaired) electrons. The molecule has 0 atom stereocenters. The fourth-order valence-corrected chi connectivity index (χ4v) is 0. The molecule has 0 bridgehead atoms. The molecule has 0 nitrogen and oxygen atoms in total. The highest BCUT2D eigenvalue weighted by Crippen LogP contribution is 2.12. The third-order valence-electron chi connectivity index (χ3n) is 0.697. The Morgan fingerprint density at radius 2 is 1.86 bits per heavy atom. The van der Waals surface area contributed by atoms with Gasteiger partial charge >= 0.3 is 0 Å². The molecule has 0 aliphatic heterocycles. The standard InChI is InChI=1S/C4H9.C3H5/c1-3-4-2;1-2-3-1/h3H,4H2,1-2H3;1H,2-3H2. The third-order valence-corrected chi connectivity index (χ3v) is 0.697. The molecule has 0 aromatic heterocycles. The first-order chi connectivity index (χ1) is 3.41. The maximum atomic E-state index is 2.25. The summed E-state index contributed by atoms with van der Waals surface area (Å²) in [5.41, 5.74) is 0. The van der Waals surface area contributed by atoms with Crippen LogP contribution in [0.2, 0.25) is 0 Å². The van der Waals surface area contributed by atoms with Crippen LogP contribution in [0, 0.1) is 12.8 Å². The summed E-state index contributed by atoms with van der Waals surface area (Å²) in [5.74, 6) is 0. The van der Waals surface area contributed by atoms with E-state index in [2.05, 4.69) is 26.7 Å². The zero-order valence-electron chi connectivity index (χ0n) is 5.28. The zero-order valence-corrected chi connectivity index (χ0v) is 5.28. The molecular formula is C7H14. The minimum Gasteiger partial charge on any atom is -0.0651 e. The first kappa shape index (κ1) is 7.00. The third kappa shape index (κ3) is 24.0. The average molecular weight is 98.2 g/mol. The first-order valence-electron chi connectivity index (χ1n) is 3.01. The molecule has 0 amide bonds. The molecule has 0 N–H and O–H groups in total. The molecular weight excluding hydrogens is 84.1 g/mol. The topological polar surface area (TPSA) is 0 Å². The quantitative estimate of drug-likeness (QED) is 0.473. The molecule has 1 fully saturated rings. The van der Waals surface area contributed by atoms with Crippen molar-refractivity contribution in [2.24, 2.45) is 0 Å². The molecule has 0 spiro atoms. The predicted octanol–water partition coefficient (Wildman–Crippen LogP) is 2.61. The highest BCUT2D eigenvalue weighted by Gasteiger charge is 1.95. The second-order valence-electron chi connectivity index (χ2n) is 1.68. The van der Waals surface area contributed by atoms with Crippen LogP contribution >= 0.6 is 0 Å². The van der Waals surface area contributed by atoms with Gasteiger partial charge in [0.25, 0.3) is 0 Å². The molecule has 1 aliphatic rings. The maximum Gasteiger partial charge on any atom is -0.0386 e. The fraction of sp³-hybridized carbons (Fsp3) is 0.714. The molecule has 42 valence electrons. The zero-order chi connectivity index (χ0) is 5.54. The smallest absolute Gasteiger partial charge is 0.0386 e. The number of unbranched alkanes of at least 4 members (excludes halogenated alkanes) is 1. The summed E-state index contributed by atoms with van der Waals surface area (Å²) in [6.45, 7) is 4.18. The second-order valence-corrected chi connectivity index (χ2v) is 1.68. The van der Waals surface area contributed by atoms with E-state index in [4.69, 9.17) is 0 Å². The Balaban J connectivity index is 0.000000105. The lowest BCUT2D eigenvalue weighted by Crippen LogP contribution is -1.50. The van der Waals surface area contributed by atoms with Gasteiger partial charge in [0, 0.05) is 0 Å². The van der Waals surface area contributed by atoms with Gasteiger partial charge in [-0.1, -0.05) is 20.3 Å². The van der Waals surface area contributed by atoms with Gasteiger partial charge in [-0.3, -0.25) is 0 Å². The van der Waals surface area contributed by atoms with Crippen molar-refractivity contribution >= 4 is 0 Å². The van der Waals surface area contributed by atoms with Gasteiger partial charge in [-0.2, -0.15) is 0 Å². The van der Waals surface area contributed by atoms with E-state index in [9.17, 15) is 0 Å². The summed E-state index contributed by atoms with van der Waals surface area (Å²) in [7, 11) is 0. The van der Waals surface area contributed by atoms with E-state index in [1.807, 2.05) is 0 Å². The van der Waals surface area contributed by atoms with E-state index in [-0.39, 0.29) is 0 Å². The molecule has 7 heavy (non-hydrogen) atoms. The first-order valence-corrected chi connectivity index (χ1v) is 3.01. The van der Waals surface area contributed by atoms with E-state index >= 15 is 0 Å². The van der Waals surface area contributed by atoms with Crippen molar-refractivity contribution in [3.63, 3.8) is 0 Å². The van der Waals surface area contributed by atoms with Crippen molar-refractivity contribution in [1.29, 1.82) is 0 Å². The molecule has 0 unspecified atom stereocenters. The van der Waals surface area contributed by atoms with E-state index in [0.29, 0.717) is 0 Å². The highest BCUT2D eigenvalue weighted by atomic mass is 14.0. The molecule has 0 saturated heterocycles. The predicted molar refractivity (Wildman–Crippen MR) is 33.8 cm³/mol. The van der Waals surface area contributed by atoms with Gasteiger partial charge in [0.05, 0.1) is 0 Å². The van der Waals surface area contributed by atoms with Gasteiger partial charge < -0.3 is 0 Å². The van der Waals surface area contributed by atoms with Crippen LogP contribution in [0.4, 0.5) is 0 Å². The van der Waals surface area contributed by atoms with Crippen LogP contribution in [0.5, 0.6) is 0 Å². The van der Waals surface area contributed by atoms with E-state index in [1.165, 1.54) is 19.3 Å². The van der Waals surface area contributed by atoms with Crippen molar-refractivity contribution in [3.05, 3.63) is 12.8 Å². The number of hydrogen-bond acceptors (Lipinski definition) is 0. The fourth-order valence-electron chi connectivity index (χ4n) is 0. The van der Waals surface area contributed by atoms with Crippen molar-refractivity contribution in [2.45, 2.75) is 33.1 Å². The molecule has 1 aliphatic carbocycles. The van der Waals surface area contributed by atoms with E-state index < -0.39 is 0 Å². The Kier molecular flexibility index (Phi) is 6.00. The van der Waals surface area contributed by atoms with Gasteiger partial charge in [0.2, 0.25) is 0 Å². The van der Waals surface area contributed by atoms with Crippen LogP contribution in [0.25, 0.3) is 0 Å². The Hall–Kier alpha value is 0. The SMILES string of the molecule is C[CH]CC.[CH]1CC1. The minimum absolute atomic E-state index is 1.19. The van der Waals surface area contributed by atoms with Gasteiger partial charge in [0.1, 0.15) is 0 Å². The normalized spacial score (nSPS) is 14.6. The van der Waals surface area contributed by atoms with Crippen molar-refractivity contribution in [3.8, 4) is 0 Å². The van der Waals surface area contributed by atoms with Crippen molar-refractivity contribution in [1.82, 2.24) is 0 Å². The second kappa shape index (κ2) is 6.00. The van der Waals surface area contributed by atoms with Crippen molar-refractivity contribution in [2.75, 3.05) is 0 Å². The Morgan fingerprint density at radius 3 is 1.86 bits per heavy atom. The summed E-state index contributed by atoms with van der Waals surface area (Å²) >= 11 is 0. The lowest BCUT2D eigenvalue weighted by molar-refractivity contribution is 1.10. The Morgan fingerprint density at radius 1 is 1.57 bits per heavy atom. The molecule has 0 aromatic carbocycles. The van der Waals surface area contributed by atoms with Crippen LogP contribution in [0.1, 0.15) is 33.1 Å². The van der Waals surface area contributed by atoms with Crippen LogP contribution in [-0.2, 0) is 0 Å². The summed E-state index contributed by atoms with van der Waals surface area (Å²) in [5, 5.41) is 0. The number of rotatable bonds is 1. The van der Waals surface area contributed by atoms with Gasteiger partial charge in [-0.05, 0) is 25.7 Å². The average Bonchev–Trinajstić information content (AvgIpc) is 2.47. The molecule has 1 rings (SSSR count). The lowest BCUT2D eigenvalue weighted by atomic mass is 10.4. The summed E-state index contributed by atoms with van der Waals surface area (Å²) < 4.78 is 0.